The van der Waals surface area contributed by atoms with Gasteiger partial charge in [0, 0.05) is 12.6 Å². The fourth-order valence-electron chi connectivity index (χ4n) is 2.27. The summed E-state index contributed by atoms with van der Waals surface area (Å²) in [6, 6.07) is 0.578. The molecule has 0 spiro atoms. The summed E-state index contributed by atoms with van der Waals surface area (Å²) >= 11 is 0. The summed E-state index contributed by atoms with van der Waals surface area (Å²) in [7, 11) is 0. The number of aliphatic hydroxyl groups excluding tert-OH is 1. The molecule has 0 radical (unpaired) electrons. The molecule has 0 aromatic carbocycles. The monoisotopic (exact) mass is 213 g/mol. The first-order valence-corrected chi connectivity index (χ1v) is 6.15. The van der Waals surface area contributed by atoms with Crippen LogP contribution in [0.4, 0.5) is 0 Å². The Kier molecular flexibility index (Phi) is 3.83. The van der Waals surface area contributed by atoms with E-state index in [4.69, 9.17) is 0 Å². The summed E-state index contributed by atoms with van der Waals surface area (Å²) in [6.07, 6.45) is 3.62. The topological polar surface area (TPSA) is 32.3 Å². The zero-order valence-corrected chi connectivity index (χ0v) is 10.9. The number of nitrogens with one attached hydrogen (secondary N) is 1. The van der Waals surface area contributed by atoms with Crippen molar-refractivity contribution in [3.63, 3.8) is 0 Å². The van der Waals surface area contributed by atoms with Crippen LogP contribution in [0.2, 0.25) is 0 Å². The van der Waals surface area contributed by atoms with Gasteiger partial charge in [0.25, 0.3) is 0 Å². The van der Waals surface area contributed by atoms with E-state index in [1.54, 1.807) is 0 Å². The lowest BCUT2D eigenvalue weighted by Gasteiger charge is -2.32. The van der Waals surface area contributed by atoms with Gasteiger partial charge in [0.1, 0.15) is 0 Å². The number of rotatable bonds is 3. The zero-order chi connectivity index (χ0) is 11.7. The van der Waals surface area contributed by atoms with E-state index in [1.165, 1.54) is 19.3 Å². The second-order valence-electron chi connectivity index (χ2n) is 6.72. The minimum Gasteiger partial charge on any atom is -0.391 e. The molecule has 1 rings (SSSR count). The van der Waals surface area contributed by atoms with Crippen molar-refractivity contribution in [2.24, 2.45) is 10.8 Å². The largest absolute Gasteiger partial charge is 0.391 e. The molecule has 15 heavy (non-hydrogen) atoms. The van der Waals surface area contributed by atoms with Gasteiger partial charge in [-0.2, -0.15) is 0 Å². The predicted molar refractivity (Wildman–Crippen MR) is 64.9 cm³/mol. The summed E-state index contributed by atoms with van der Waals surface area (Å²) in [5.41, 5.74) is 0.382. The van der Waals surface area contributed by atoms with Crippen molar-refractivity contribution in [1.82, 2.24) is 5.32 Å². The summed E-state index contributed by atoms with van der Waals surface area (Å²) < 4.78 is 0. The van der Waals surface area contributed by atoms with Gasteiger partial charge in [-0.3, -0.25) is 0 Å². The van der Waals surface area contributed by atoms with E-state index in [0.717, 1.165) is 6.54 Å². The molecule has 0 heterocycles. The van der Waals surface area contributed by atoms with E-state index >= 15 is 0 Å². The smallest absolute Gasteiger partial charge is 0.0712 e. The highest BCUT2D eigenvalue weighted by molar-refractivity contribution is 4.91. The molecule has 2 N–H and O–H groups in total. The fraction of sp³-hybridized carbons (Fsp3) is 1.00. The Hall–Kier alpha value is -0.0800. The van der Waals surface area contributed by atoms with Crippen LogP contribution in [0, 0.1) is 10.8 Å². The van der Waals surface area contributed by atoms with Crippen LogP contribution in [0.1, 0.15) is 53.9 Å². The van der Waals surface area contributed by atoms with Crippen molar-refractivity contribution in [1.29, 1.82) is 0 Å². The molecule has 0 bridgehead atoms. The van der Waals surface area contributed by atoms with E-state index in [9.17, 15) is 5.11 Å². The number of aliphatic hydroxyl groups is 1. The maximum Gasteiger partial charge on any atom is 0.0712 e. The van der Waals surface area contributed by atoms with Gasteiger partial charge in [0.15, 0.2) is 0 Å². The lowest BCUT2D eigenvalue weighted by atomic mass is 9.86. The van der Waals surface area contributed by atoms with E-state index in [2.05, 4.69) is 39.9 Å². The van der Waals surface area contributed by atoms with Crippen LogP contribution < -0.4 is 5.32 Å². The van der Waals surface area contributed by atoms with Crippen LogP contribution in [0.15, 0.2) is 0 Å². The van der Waals surface area contributed by atoms with Crippen LogP contribution in [0.25, 0.3) is 0 Å². The standard InChI is InChI=1S/C13H27NO/c1-12(2,3)11(15)9-14-10-7-6-8-13(10,4)5/h10-11,14-15H,6-9H2,1-5H3. The Morgan fingerprint density at radius 3 is 2.40 bits per heavy atom. The molecule has 0 aliphatic heterocycles. The van der Waals surface area contributed by atoms with Crippen LogP contribution >= 0.6 is 0 Å². The Balaban J connectivity index is 2.38. The Morgan fingerprint density at radius 1 is 1.40 bits per heavy atom. The SMILES string of the molecule is CC(C)(C)C(O)CNC1CCCC1(C)C. The summed E-state index contributed by atoms with van der Waals surface area (Å²) in [4.78, 5) is 0. The van der Waals surface area contributed by atoms with Crippen molar-refractivity contribution >= 4 is 0 Å². The molecule has 1 aliphatic rings. The fourth-order valence-corrected chi connectivity index (χ4v) is 2.27. The highest BCUT2D eigenvalue weighted by atomic mass is 16.3. The first kappa shape index (κ1) is 13.0. The second kappa shape index (κ2) is 4.42. The van der Waals surface area contributed by atoms with Crippen LogP contribution in [-0.2, 0) is 0 Å². The number of hydrogen-bond acceptors (Lipinski definition) is 2. The van der Waals surface area contributed by atoms with Crippen molar-refractivity contribution in [2.45, 2.75) is 66.0 Å². The van der Waals surface area contributed by atoms with Crippen molar-refractivity contribution < 1.29 is 5.11 Å². The van der Waals surface area contributed by atoms with E-state index in [-0.39, 0.29) is 11.5 Å². The number of hydrogen-bond donors (Lipinski definition) is 2. The van der Waals surface area contributed by atoms with Gasteiger partial charge in [0.2, 0.25) is 0 Å². The van der Waals surface area contributed by atoms with E-state index < -0.39 is 0 Å². The first-order valence-electron chi connectivity index (χ1n) is 6.15. The van der Waals surface area contributed by atoms with Gasteiger partial charge in [-0.1, -0.05) is 41.0 Å². The predicted octanol–water partition coefficient (Wildman–Crippen LogP) is 2.56. The molecule has 0 aromatic rings. The maximum atomic E-state index is 9.95. The van der Waals surface area contributed by atoms with Gasteiger partial charge in [-0.25, -0.2) is 0 Å². The Labute approximate surface area is 94.5 Å². The van der Waals surface area contributed by atoms with Gasteiger partial charge in [-0.05, 0) is 23.7 Å². The third-order valence-electron chi connectivity index (χ3n) is 3.81. The maximum absolute atomic E-state index is 9.95. The molecular weight excluding hydrogens is 186 g/mol. The van der Waals surface area contributed by atoms with Crippen LogP contribution in [0.3, 0.4) is 0 Å². The van der Waals surface area contributed by atoms with Gasteiger partial charge < -0.3 is 10.4 Å². The normalized spacial score (nSPS) is 28.0. The minimum atomic E-state index is -0.256. The minimum absolute atomic E-state index is 0.0181. The van der Waals surface area contributed by atoms with Crippen molar-refractivity contribution in [3.8, 4) is 0 Å². The lowest BCUT2D eigenvalue weighted by Crippen LogP contribution is -2.44. The second-order valence-corrected chi connectivity index (χ2v) is 6.72. The van der Waals surface area contributed by atoms with Crippen molar-refractivity contribution in [2.75, 3.05) is 6.54 Å². The average Bonchev–Trinajstić information content (AvgIpc) is 2.39. The van der Waals surface area contributed by atoms with E-state index in [0.29, 0.717) is 11.5 Å². The molecule has 0 amide bonds. The summed E-state index contributed by atoms with van der Waals surface area (Å²) in [5, 5.41) is 13.5. The summed E-state index contributed by atoms with van der Waals surface area (Å²) in [5.74, 6) is 0. The van der Waals surface area contributed by atoms with E-state index in [1.807, 2.05) is 0 Å². The molecule has 0 aromatic heterocycles. The van der Waals surface area contributed by atoms with Crippen LogP contribution in [-0.4, -0.2) is 23.8 Å². The first-order chi connectivity index (χ1) is 6.73. The highest BCUT2D eigenvalue weighted by Crippen LogP contribution is 2.37. The molecule has 2 nitrogen and oxygen atoms in total. The summed E-state index contributed by atoms with van der Waals surface area (Å²) in [6.45, 7) is 11.6. The van der Waals surface area contributed by atoms with Crippen LogP contribution in [0.5, 0.6) is 0 Å². The molecule has 1 saturated carbocycles. The Bertz CT molecular complexity index is 205. The third kappa shape index (κ3) is 3.46. The van der Waals surface area contributed by atoms with Gasteiger partial charge in [-0.15, -0.1) is 0 Å². The molecule has 2 unspecified atom stereocenters. The highest BCUT2D eigenvalue weighted by Gasteiger charge is 2.34. The van der Waals surface area contributed by atoms with Gasteiger partial charge >= 0.3 is 0 Å². The lowest BCUT2D eigenvalue weighted by molar-refractivity contribution is 0.0568. The van der Waals surface area contributed by atoms with Crippen molar-refractivity contribution in [3.05, 3.63) is 0 Å². The Morgan fingerprint density at radius 2 is 2.00 bits per heavy atom. The molecular formula is C13H27NO. The third-order valence-corrected chi connectivity index (χ3v) is 3.81. The zero-order valence-electron chi connectivity index (χ0n) is 10.9. The molecule has 2 heteroatoms. The molecule has 1 aliphatic carbocycles. The molecule has 2 atom stereocenters. The quantitative estimate of drug-likeness (QED) is 0.755. The molecule has 90 valence electrons. The molecule has 1 fully saturated rings. The molecule has 0 saturated heterocycles. The average molecular weight is 213 g/mol. The van der Waals surface area contributed by atoms with Gasteiger partial charge in [0.05, 0.1) is 6.10 Å².